The number of rotatable bonds is 7. The smallest absolute Gasteiger partial charge is 0.397 e. The Hall–Kier alpha value is -2.77. The fraction of sp³-hybridized carbons (Fsp3) is 0.368. The number of alkyl halides is 3. The number of nitrogens with two attached hydrogens (primary N) is 1. The maximum absolute atomic E-state index is 12.2. The minimum absolute atomic E-state index is 0.109. The largest absolute Gasteiger partial charge is 0.405 e. The highest BCUT2D eigenvalue weighted by Crippen LogP contribution is 2.39. The Kier molecular flexibility index (Phi) is 5.53. The second kappa shape index (κ2) is 7.85. The van der Waals surface area contributed by atoms with Crippen LogP contribution in [0.25, 0.3) is 0 Å². The molecular weight excluding hydrogens is 357 g/mol. The fourth-order valence-electron chi connectivity index (χ4n) is 2.72. The number of aromatic nitrogens is 1. The van der Waals surface area contributed by atoms with Crippen molar-refractivity contribution in [2.45, 2.75) is 37.9 Å². The van der Waals surface area contributed by atoms with Crippen LogP contribution in [0, 0.1) is 0 Å². The predicted molar refractivity (Wildman–Crippen MR) is 97.2 cm³/mol. The number of nitrogens with zero attached hydrogens (tertiary/aromatic N) is 1. The lowest BCUT2D eigenvalue weighted by molar-refractivity contribution is -0.120. The molecule has 1 fully saturated rings. The summed E-state index contributed by atoms with van der Waals surface area (Å²) in [6.07, 6.45) is -0.373. The first-order valence-electron chi connectivity index (χ1n) is 8.71. The normalized spacial score (nSPS) is 14.0. The third-order valence-corrected chi connectivity index (χ3v) is 4.33. The lowest BCUT2D eigenvalue weighted by Crippen LogP contribution is -2.25. The van der Waals surface area contributed by atoms with E-state index in [1.165, 1.54) is 30.7 Å². The summed E-state index contributed by atoms with van der Waals surface area (Å²) in [5, 5.41) is 4.94. The van der Waals surface area contributed by atoms with Gasteiger partial charge >= 0.3 is 6.18 Å². The monoisotopic (exact) mass is 378 g/mol. The summed E-state index contributed by atoms with van der Waals surface area (Å²) in [6.45, 7) is -1.03. The minimum Gasteiger partial charge on any atom is -0.397 e. The standard InChI is InChI=1S/C19H21F3N4O/c20-19(21,22)11-26-17-10-24-15(8-16(17)23)9-25-18(27)7-12-1-3-13(4-2-12)14-5-6-14/h1-4,8,10,14,26H,5-7,9,11H2,(H2,23,24)(H,25,27). The topological polar surface area (TPSA) is 80.0 Å². The third-order valence-electron chi connectivity index (χ3n) is 4.33. The van der Waals surface area contributed by atoms with Gasteiger partial charge in [0.2, 0.25) is 5.91 Å². The van der Waals surface area contributed by atoms with Crippen molar-refractivity contribution in [2.24, 2.45) is 0 Å². The van der Waals surface area contributed by atoms with Gasteiger partial charge in [0, 0.05) is 0 Å². The fourth-order valence-corrected chi connectivity index (χ4v) is 2.72. The van der Waals surface area contributed by atoms with Crippen LogP contribution >= 0.6 is 0 Å². The molecule has 3 rings (SSSR count). The Balaban J connectivity index is 1.48. The number of anilines is 2. The van der Waals surface area contributed by atoms with E-state index in [4.69, 9.17) is 5.73 Å². The summed E-state index contributed by atoms with van der Waals surface area (Å²) in [5.74, 6) is 0.520. The number of benzene rings is 1. The van der Waals surface area contributed by atoms with Gasteiger partial charge in [0.05, 0.1) is 36.2 Å². The molecule has 0 spiro atoms. The minimum atomic E-state index is -4.34. The van der Waals surface area contributed by atoms with Crippen LogP contribution in [0.3, 0.4) is 0 Å². The van der Waals surface area contributed by atoms with E-state index < -0.39 is 12.7 Å². The summed E-state index contributed by atoms with van der Waals surface area (Å²) in [5.41, 5.74) is 8.72. The van der Waals surface area contributed by atoms with Crippen LogP contribution in [0.1, 0.15) is 35.6 Å². The molecule has 144 valence electrons. The molecule has 1 aromatic carbocycles. The van der Waals surface area contributed by atoms with Crippen molar-refractivity contribution < 1.29 is 18.0 Å². The Morgan fingerprint density at radius 3 is 2.52 bits per heavy atom. The second-order valence-corrected chi connectivity index (χ2v) is 6.70. The molecule has 1 aliphatic rings. The molecule has 5 nitrogen and oxygen atoms in total. The lowest BCUT2D eigenvalue weighted by atomic mass is 10.1. The van der Waals surface area contributed by atoms with Crippen molar-refractivity contribution in [1.82, 2.24) is 10.3 Å². The maximum Gasteiger partial charge on any atom is 0.405 e. The van der Waals surface area contributed by atoms with E-state index in [1.54, 1.807) is 0 Å². The Labute approximate surface area is 155 Å². The average Bonchev–Trinajstić information content (AvgIpc) is 3.44. The van der Waals surface area contributed by atoms with Gasteiger partial charge in [-0.1, -0.05) is 24.3 Å². The van der Waals surface area contributed by atoms with E-state index in [2.05, 4.69) is 27.8 Å². The third kappa shape index (κ3) is 5.87. The van der Waals surface area contributed by atoms with Crippen molar-refractivity contribution in [1.29, 1.82) is 0 Å². The molecule has 1 aromatic heterocycles. The summed E-state index contributed by atoms with van der Waals surface area (Å²) in [4.78, 5) is 16.1. The summed E-state index contributed by atoms with van der Waals surface area (Å²) >= 11 is 0. The maximum atomic E-state index is 12.2. The van der Waals surface area contributed by atoms with Crippen molar-refractivity contribution in [3.05, 3.63) is 53.3 Å². The van der Waals surface area contributed by atoms with Crippen LogP contribution in [0.4, 0.5) is 24.5 Å². The zero-order valence-electron chi connectivity index (χ0n) is 14.6. The number of nitrogens with one attached hydrogen (secondary N) is 2. The van der Waals surface area contributed by atoms with Crippen LogP contribution < -0.4 is 16.4 Å². The first-order valence-corrected chi connectivity index (χ1v) is 8.71. The number of carbonyl (C=O) groups is 1. The molecule has 4 N–H and O–H groups in total. The van der Waals surface area contributed by atoms with Crippen molar-refractivity contribution >= 4 is 17.3 Å². The van der Waals surface area contributed by atoms with E-state index in [0.717, 1.165) is 5.56 Å². The Bertz CT molecular complexity index is 802. The first-order chi connectivity index (χ1) is 12.8. The Morgan fingerprint density at radius 2 is 1.93 bits per heavy atom. The molecule has 0 radical (unpaired) electrons. The molecule has 1 amide bonds. The number of hydrogen-bond donors (Lipinski definition) is 3. The number of pyridine rings is 1. The summed E-state index contributed by atoms with van der Waals surface area (Å²) in [7, 11) is 0. The number of amides is 1. The quantitative estimate of drug-likeness (QED) is 0.690. The van der Waals surface area contributed by atoms with Gasteiger partial charge in [0.1, 0.15) is 6.54 Å². The van der Waals surface area contributed by atoms with E-state index in [0.29, 0.717) is 11.6 Å². The molecule has 0 unspecified atom stereocenters. The van der Waals surface area contributed by atoms with Gasteiger partial charge in [0.15, 0.2) is 0 Å². The molecule has 2 aromatic rings. The van der Waals surface area contributed by atoms with Gasteiger partial charge in [-0.25, -0.2) is 0 Å². The lowest BCUT2D eigenvalue weighted by Gasteiger charge is -2.12. The molecule has 8 heteroatoms. The molecule has 1 heterocycles. The van der Waals surface area contributed by atoms with Crippen LogP contribution in [0.5, 0.6) is 0 Å². The number of carbonyl (C=O) groups excluding carboxylic acids is 1. The molecule has 1 aliphatic carbocycles. The molecule has 0 bridgehead atoms. The molecule has 0 saturated heterocycles. The van der Waals surface area contributed by atoms with Crippen molar-refractivity contribution in [3.63, 3.8) is 0 Å². The highest BCUT2D eigenvalue weighted by molar-refractivity contribution is 5.78. The van der Waals surface area contributed by atoms with Gasteiger partial charge in [-0.15, -0.1) is 0 Å². The highest BCUT2D eigenvalue weighted by atomic mass is 19.4. The predicted octanol–water partition coefficient (Wildman–Crippen LogP) is 3.37. The van der Waals surface area contributed by atoms with Crippen molar-refractivity contribution in [3.8, 4) is 0 Å². The van der Waals surface area contributed by atoms with Crippen LogP contribution in [0.15, 0.2) is 36.5 Å². The van der Waals surface area contributed by atoms with Crippen LogP contribution in [-0.2, 0) is 17.8 Å². The van der Waals surface area contributed by atoms with E-state index in [-0.39, 0.29) is 30.2 Å². The van der Waals surface area contributed by atoms with Gasteiger partial charge in [-0.05, 0) is 36.0 Å². The van der Waals surface area contributed by atoms with Gasteiger partial charge < -0.3 is 16.4 Å². The number of halogens is 3. The van der Waals surface area contributed by atoms with E-state index >= 15 is 0 Å². The molecule has 0 aliphatic heterocycles. The summed E-state index contributed by atoms with van der Waals surface area (Å²) in [6, 6.07) is 9.50. The average molecular weight is 378 g/mol. The van der Waals surface area contributed by atoms with E-state index in [1.807, 2.05) is 12.1 Å². The van der Waals surface area contributed by atoms with Gasteiger partial charge in [0.25, 0.3) is 0 Å². The highest BCUT2D eigenvalue weighted by Gasteiger charge is 2.27. The van der Waals surface area contributed by atoms with E-state index in [9.17, 15) is 18.0 Å². The number of hydrogen-bond acceptors (Lipinski definition) is 4. The van der Waals surface area contributed by atoms with Gasteiger partial charge in [-0.2, -0.15) is 13.2 Å². The molecule has 27 heavy (non-hydrogen) atoms. The first kappa shape index (κ1) is 19.0. The molecule has 1 saturated carbocycles. The van der Waals surface area contributed by atoms with Crippen LogP contribution in [0.2, 0.25) is 0 Å². The second-order valence-electron chi connectivity index (χ2n) is 6.70. The van der Waals surface area contributed by atoms with Crippen molar-refractivity contribution in [2.75, 3.05) is 17.6 Å². The SMILES string of the molecule is Nc1cc(CNC(=O)Cc2ccc(C3CC3)cc2)ncc1NCC(F)(F)F. The van der Waals surface area contributed by atoms with Crippen LogP contribution in [-0.4, -0.2) is 23.6 Å². The number of nitrogen functional groups attached to an aromatic ring is 1. The Morgan fingerprint density at radius 1 is 1.22 bits per heavy atom. The zero-order valence-corrected chi connectivity index (χ0v) is 14.6. The molecular formula is C19H21F3N4O. The summed E-state index contributed by atoms with van der Waals surface area (Å²) < 4.78 is 36.7. The molecule has 0 atom stereocenters. The zero-order chi connectivity index (χ0) is 19.4. The van der Waals surface area contributed by atoms with Gasteiger partial charge in [-0.3, -0.25) is 9.78 Å².